The molecule has 3 aromatic rings. The van der Waals surface area contributed by atoms with Gasteiger partial charge >= 0.3 is 0 Å². The minimum Gasteiger partial charge on any atom is -0.322 e. The number of halogens is 4. The quantitative estimate of drug-likeness (QED) is 0.544. The van der Waals surface area contributed by atoms with Crippen molar-refractivity contribution >= 4 is 50.5 Å². The average Bonchev–Trinajstić information content (AvgIpc) is 2.66. The molecule has 0 saturated carbocycles. The molecule has 0 fully saturated rings. The summed E-state index contributed by atoms with van der Waals surface area (Å²) in [5, 5.41) is 2.29. The highest BCUT2D eigenvalue weighted by Crippen LogP contribution is 2.25. The van der Waals surface area contributed by atoms with Gasteiger partial charge in [-0.2, -0.15) is 0 Å². The van der Waals surface area contributed by atoms with E-state index in [0.717, 1.165) is 24.3 Å². The van der Waals surface area contributed by atoms with Crippen LogP contribution in [0.15, 0.2) is 65.6 Å². The molecule has 1 amide bonds. The molecule has 150 valence electrons. The van der Waals surface area contributed by atoms with E-state index in [1.165, 1.54) is 36.4 Å². The van der Waals surface area contributed by atoms with E-state index in [2.05, 4.69) is 10.0 Å². The fourth-order valence-electron chi connectivity index (χ4n) is 2.35. The second-order valence-corrected chi connectivity index (χ2v) is 8.33. The van der Waals surface area contributed by atoms with Crippen LogP contribution >= 0.6 is 23.2 Å². The van der Waals surface area contributed by atoms with Crippen LogP contribution in [0, 0.1) is 11.6 Å². The van der Waals surface area contributed by atoms with Gasteiger partial charge in [-0.25, -0.2) is 17.2 Å². The first kappa shape index (κ1) is 21.0. The van der Waals surface area contributed by atoms with E-state index >= 15 is 0 Å². The number of nitrogens with one attached hydrogen (secondary N) is 2. The number of carbonyl (C=O) groups is 1. The third-order valence-electron chi connectivity index (χ3n) is 3.77. The molecule has 3 aromatic carbocycles. The van der Waals surface area contributed by atoms with Crippen LogP contribution in [0.2, 0.25) is 10.0 Å². The summed E-state index contributed by atoms with van der Waals surface area (Å²) in [4.78, 5) is 12.3. The first-order valence-corrected chi connectivity index (χ1v) is 10.2. The summed E-state index contributed by atoms with van der Waals surface area (Å²) in [6.45, 7) is 0. The Bertz CT molecular complexity index is 1190. The molecular weight excluding hydrogens is 445 g/mol. The summed E-state index contributed by atoms with van der Waals surface area (Å²) < 4.78 is 53.7. The third-order valence-corrected chi connectivity index (χ3v) is 5.76. The minimum absolute atomic E-state index is 0.0106. The van der Waals surface area contributed by atoms with E-state index < -0.39 is 27.6 Å². The molecule has 0 aromatic heterocycles. The summed E-state index contributed by atoms with van der Waals surface area (Å²) in [7, 11) is -4.07. The van der Waals surface area contributed by atoms with Crippen LogP contribution in [0.5, 0.6) is 0 Å². The highest BCUT2D eigenvalue weighted by Gasteiger charge is 2.19. The maximum absolute atomic E-state index is 13.2. The third kappa shape index (κ3) is 5.03. The van der Waals surface area contributed by atoms with Gasteiger partial charge in [-0.15, -0.1) is 0 Å². The molecule has 0 radical (unpaired) electrons. The van der Waals surface area contributed by atoms with Crippen LogP contribution in [0.4, 0.5) is 20.2 Å². The minimum atomic E-state index is -4.07. The Balaban J connectivity index is 1.87. The Kier molecular flexibility index (Phi) is 6.07. The molecule has 0 saturated heterocycles. The van der Waals surface area contributed by atoms with Gasteiger partial charge in [0.25, 0.3) is 15.9 Å². The highest BCUT2D eigenvalue weighted by molar-refractivity contribution is 7.92. The molecule has 0 heterocycles. The van der Waals surface area contributed by atoms with E-state index in [1.54, 1.807) is 0 Å². The maximum atomic E-state index is 13.2. The van der Waals surface area contributed by atoms with Crippen LogP contribution < -0.4 is 10.0 Å². The average molecular weight is 457 g/mol. The topological polar surface area (TPSA) is 75.3 Å². The van der Waals surface area contributed by atoms with Crippen molar-refractivity contribution in [3.05, 3.63) is 87.9 Å². The zero-order chi connectivity index (χ0) is 21.2. The smallest absolute Gasteiger partial charge is 0.261 e. The van der Waals surface area contributed by atoms with Crippen molar-refractivity contribution < 1.29 is 22.0 Å². The first-order chi connectivity index (χ1) is 13.7. The summed E-state index contributed by atoms with van der Waals surface area (Å²) in [5.74, 6) is -1.88. The number of carbonyl (C=O) groups excluding carboxylic acids is 1. The Morgan fingerprint density at radius 3 is 2.14 bits per heavy atom. The first-order valence-electron chi connectivity index (χ1n) is 8.00. The van der Waals surface area contributed by atoms with Gasteiger partial charge in [0.15, 0.2) is 0 Å². The maximum Gasteiger partial charge on any atom is 0.261 e. The zero-order valence-corrected chi connectivity index (χ0v) is 16.7. The van der Waals surface area contributed by atoms with E-state index in [-0.39, 0.29) is 31.9 Å². The van der Waals surface area contributed by atoms with Crippen LogP contribution in [0.25, 0.3) is 0 Å². The molecule has 0 aliphatic heterocycles. The predicted molar refractivity (Wildman–Crippen MR) is 108 cm³/mol. The SMILES string of the molecule is O=C(Nc1ccc(F)c(Cl)c1)c1cc(S(=O)(=O)Nc2ccc(F)cc2)ccc1Cl. The lowest BCUT2D eigenvalue weighted by molar-refractivity contribution is 0.102. The predicted octanol–water partition coefficient (Wildman–Crippen LogP) is 5.32. The lowest BCUT2D eigenvalue weighted by atomic mass is 10.2. The summed E-state index contributed by atoms with van der Waals surface area (Å²) in [6.07, 6.45) is 0. The van der Waals surface area contributed by atoms with Crippen molar-refractivity contribution in [3.8, 4) is 0 Å². The Hall–Kier alpha value is -2.68. The van der Waals surface area contributed by atoms with Gasteiger partial charge in [-0.1, -0.05) is 23.2 Å². The largest absolute Gasteiger partial charge is 0.322 e. The molecule has 10 heteroatoms. The molecular formula is C19H12Cl2F2N2O3S. The Morgan fingerprint density at radius 1 is 0.828 bits per heavy atom. The summed E-state index contributed by atoms with van der Waals surface area (Å²) >= 11 is 11.7. The molecule has 0 unspecified atom stereocenters. The van der Waals surface area contributed by atoms with Crippen molar-refractivity contribution in [1.29, 1.82) is 0 Å². The lowest BCUT2D eigenvalue weighted by Gasteiger charge is -2.11. The van der Waals surface area contributed by atoms with Gasteiger partial charge in [0, 0.05) is 11.4 Å². The van der Waals surface area contributed by atoms with Gasteiger partial charge < -0.3 is 5.32 Å². The van der Waals surface area contributed by atoms with E-state index in [1.807, 2.05) is 0 Å². The van der Waals surface area contributed by atoms with Gasteiger partial charge in [0.05, 0.1) is 20.5 Å². The Morgan fingerprint density at radius 2 is 1.48 bits per heavy atom. The summed E-state index contributed by atoms with van der Waals surface area (Å²) in [5.41, 5.74) is 0.234. The molecule has 0 aliphatic carbocycles. The van der Waals surface area contributed by atoms with Gasteiger partial charge in [-0.05, 0) is 60.7 Å². The highest BCUT2D eigenvalue weighted by atomic mass is 35.5. The second kappa shape index (κ2) is 8.36. The normalized spacial score (nSPS) is 11.2. The van der Waals surface area contributed by atoms with Crippen LogP contribution in [0.3, 0.4) is 0 Å². The molecule has 0 bridgehead atoms. The molecule has 5 nitrogen and oxygen atoms in total. The van der Waals surface area contributed by atoms with Gasteiger partial charge in [0.1, 0.15) is 11.6 Å². The molecule has 0 spiro atoms. The number of rotatable bonds is 5. The van der Waals surface area contributed by atoms with Crippen molar-refractivity contribution in [2.45, 2.75) is 4.90 Å². The fourth-order valence-corrected chi connectivity index (χ4v) is 3.82. The van der Waals surface area contributed by atoms with Crippen molar-refractivity contribution in [3.63, 3.8) is 0 Å². The van der Waals surface area contributed by atoms with Crippen molar-refractivity contribution in [2.24, 2.45) is 0 Å². The lowest BCUT2D eigenvalue weighted by Crippen LogP contribution is -2.16. The van der Waals surface area contributed by atoms with Crippen LogP contribution in [-0.4, -0.2) is 14.3 Å². The van der Waals surface area contributed by atoms with E-state index in [0.29, 0.717) is 0 Å². The van der Waals surface area contributed by atoms with Crippen LogP contribution in [-0.2, 0) is 10.0 Å². The second-order valence-electron chi connectivity index (χ2n) is 5.84. The van der Waals surface area contributed by atoms with Gasteiger partial charge in [-0.3, -0.25) is 9.52 Å². The summed E-state index contributed by atoms with van der Waals surface area (Å²) in [6, 6.07) is 11.9. The Labute approximate surface area is 175 Å². The standard InChI is InChI=1S/C19H12Cl2F2N2O3S/c20-16-7-6-14(29(27,28)25-12-3-1-11(22)2-4-12)10-15(16)19(26)24-13-5-8-18(23)17(21)9-13/h1-10,25H,(H,24,26). The molecule has 2 N–H and O–H groups in total. The fraction of sp³-hybridized carbons (Fsp3) is 0. The number of amides is 1. The number of hydrogen-bond donors (Lipinski definition) is 2. The van der Waals surface area contributed by atoms with Crippen molar-refractivity contribution in [1.82, 2.24) is 0 Å². The number of anilines is 2. The molecule has 0 atom stereocenters. The van der Waals surface area contributed by atoms with E-state index in [9.17, 15) is 22.0 Å². The van der Waals surface area contributed by atoms with Crippen LogP contribution in [0.1, 0.15) is 10.4 Å². The van der Waals surface area contributed by atoms with E-state index in [4.69, 9.17) is 23.2 Å². The molecule has 3 rings (SSSR count). The van der Waals surface area contributed by atoms with Crippen molar-refractivity contribution in [2.75, 3.05) is 10.0 Å². The number of sulfonamides is 1. The van der Waals surface area contributed by atoms with Gasteiger partial charge in [0.2, 0.25) is 0 Å². The number of hydrogen-bond acceptors (Lipinski definition) is 3. The monoisotopic (exact) mass is 456 g/mol. The zero-order valence-electron chi connectivity index (χ0n) is 14.4. The molecule has 0 aliphatic rings. The number of benzene rings is 3. The molecule has 29 heavy (non-hydrogen) atoms.